The van der Waals surface area contributed by atoms with Crippen molar-refractivity contribution in [1.82, 2.24) is 4.90 Å². The fourth-order valence-electron chi connectivity index (χ4n) is 2.77. The molecule has 0 aromatic rings. The van der Waals surface area contributed by atoms with Crippen molar-refractivity contribution in [1.29, 1.82) is 0 Å². The Hall–Kier alpha value is -0.770. The predicted molar refractivity (Wildman–Crippen MR) is 60.6 cm³/mol. The lowest BCUT2D eigenvalue weighted by molar-refractivity contribution is 0.0456. The summed E-state index contributed by atoms with van der Waals surface area (Å²) in [4.78, 5) is 12.9. The second-order valence-corrected chi connectivity index (χ2v) is 6.03. The third-order valence-electron chi connectivity index (χ3n) is 3.71. The summed E-state index contributed by atoms with van der Waals surface area (Å²) in [5, 5.41) is 9.30. The van der Waals surface area contributed by atoms with Crippen LogP contribution >= 0.6 is 0 Å². The molecule has 1 aliphatic carbocycles. The molecule has 2 aliphatic rings. The van der Waals surface area contributed by atoms with Crippen LogP contribution in [0.5, 0.6) is 0 Å². The zero-order valence-electron chi connectivity index (χ0n) is 10.3. The van der Waals surface area contributed by atoms with E-state index in [1.165, 1.54) is 0 Å². The number of nitrogens with zero attached hydrogens (tertiary/aromatic N) is 1. The van der Waals surface area contributed by atoms with Crippen molar-refractivity contribution in [2.75, 3.05) is 6.61 Å². The Morgan fingerprint density at radius 1 is 1.38 bits per heavy atom. The number of ether oxygens (including phenoxy) is 1. The number of hydrogen-bond donors (Lipinski definition) is 1. The number of amides is 1. The van der Waals surface area contributed by atoms with Gasteiger partial charge in [0.25, 0.3) is 0 Å². The van der Waals surface area contributed by atoms with E-state index in [1.54, 1.807) is 4.90 Å². The molecule has 0 atom stereocenters. The molecule has 2 fully saturated rings. The summed E-state index contributed by atoms with van der Waals surface area (Å²) in [6.07, 6.45) is 3.09. The van der Waals surface area contributed by atoms with Crippen LogP contribution in [-0.2, 0) is 4.74 Å². The molecule has 1 saturated heterocycles. The lowest BCUT2D eigenvalue weighted by Crippen LogP contribution is -2.52. The van der Waals surface area contributed by atoms with Crippen LogP contribution in [0, 0.1) is 0 Å². The van der Waals surface area contributed by atoms with Crippen molar-refractivity contribution < 1.29 is 14.6 Å². The third-order valence-corrected chi connectivity index (χ3v) is 3.71. The van der Waals surface area contributed by atoms with Gasteiger partial charge in [0.1, 0.15) is 0 Å². The van der Waals surface area contributed by atoms with Gasteiger partial charge in [-0.25, -0.2) is 4.79 Å². The summed E-state index contributed by atoms with van der Waals surface area (Å²) in [5.41, 5.74) is -0.177. The van der Waals surface area contributed by atoms with Gasteiger partial charge in [-0.3, -0.25) is 0 Å². The molecule has 1 spiro atoms. The number of carbonyl (C=O) groups is 1. The summed E-state index contributed by atoms with van der Waals surface area (Å²) < 4.78 is 5.45. The van der Waals surface area contributed by atoms with Gasteiger partial charge >= 0.3 is 6.09 Å². The lowest BCUT2D eigenvalue weighted by Gasteiger charge is -2.42. The Balaban J connectivity index is 2.02. The summed E-state index contributed by atoms with van der Waals surface area (Å²) in [6.45, 7) is 6.75. The maximum absolute atomic E-state index is 11.3. The molecule has 4 heteroatoms. The first kappa shape index (κ1) is 11.7. The molecule has 1 amide bonds. The molecule has 0 unspecified atom stereocenters. The van der Waals surface area contributed by atoms with Crippen LogP contribution in [0.3, 0.4) is 0 Å². The van der Waals surface area contributed by atoms with E-state index < -0.39 is 6.09 Å². The monoisotopic (exact) mass is 227 g/mol. The van der Waals surface area contributed by atoms with Gasteiger partial charge in [0.15, 0.2) is 0 Å². The van der Waals surface area contributed by atoms with E-state index in [0.717, 1.165) is 32.3 Å². The van der Waals surface area contributed by atoms with Crippen LogP contribution in [0.15, 0.2) is 0 Å². The van der Waals surface area contributed by atoms with E-state index in [2.05, 4.69) is 0 Å². The minimum atomic E-state index is -0.801. The van der Waals surface area contributed by atoms with Gasteiger partial charge in [-0.15, -0.1) is 0 Å². The Labute approximate surface area is 96.6 Å². The van der Waals surface area contributed by atoms with Crippen molar-refractivity contribution in [3.8, 4) is 0 Å². The highest BCUT2D eigenvalue weighted by molar-refractivity contribution is 5.66. The topological polar surface area (TPSA) is 53.1 Å². The number of epoxide rings is 1. The molecule has 1 saturated carbocycles. The van der Waals surface area contributed by atoms with E-state index in [4.69, 9.17) is 4.74 Å². The normalized spacial score (nSPS) is 33.8. The Kier molecular flexibility index (Phi) is 2.65. The van der Waals surface area contributed by atoms with Gasteiger partial charge in [0.05, 0.1) is 12.2 Å². The van der Waals surface area contributed by atoms with Crippen molar-refractivity contribution >= 4 is 6.09 Å². The number of hydrogen-bond acceptors (Lipinski definition) is 2. The minimum absolute atomic E-state index is 0.137. The first-order valence-corrected chi connectivity index (χ1v) is 6.00. The number of carboxylic acid groups (broad SMARTS) is 1. The second-order valence-electron chi connectivity index (χ2n) is 6.03. The van der Waals surface area contributed by atoms with E-state index >= 15 is 0 Å². The molecule has 0 bridgehead atoms. The molecule has 0 aromatic heterocycles. The van der Waals surface area contributed by atoms with Gasteiger partial charge < -0.3 is 14.7 Å². The largest absolute Gasteiger partial charge is 0.465 e. The predicted octanol–water partition coefficient (Wildman–Crippen LogP) is 2.48. The van der Waals surface area contributed by atoms with Gasteiger partial charge in [0.2, 0.25) is 0 Å². The fraction of sp³-hybridized carbons (Fsp3) is 0.917. The van der Waals surface area contributed by atoms with E-state index in [0.29, 0.717) is 0 Å². The molecule has 1 N–H and O–H groups in total. The van der Waals surface area contributed by atoms with E-state index in [1.807, 2.05) is 20.8 Å². The standard InChI is InChI=1S/C12H21NO3/c1-11(2,3)13(10(14)15)9-4-6-12(7-5-9)8-16-12/h9H,4-8H2,1-3H3,(H,14,15). The van der Waals surface area contributed by atoms with E-state index in [9.17, 15) is 9.90 Å². The molecule has 0 radical (unpaired) electrons. The SMILES string of the molecule is CC(C)(C)N(C(=O)O)C1CCC2(CC1)CO2. The van der Waals surface area contributed by atoms with Crippen LogP contribution < -0.4 is 0 Å². The van der Waals surface area contributed by atoms with Crippen LogP contribution in [0.1, 0.15) is 46.5 Å². The molecule has 16 heavy (non-hydrogen) atoms. The minimum Gasteiger partial charge on any atom is -0.465 e. The van der Waals surface area contributed by atoms with Crippen LogP contribution in [0.2, 0.25) is 0 Å². The summed E-state index contributed by atoms with van der Waals surface area (Å²) in [5.74, 6) is 0. The summed E-state index contributed by atoms with van der Waals surface area (Å²) >= 11 is 0. The average Bonchev–Trinajstić information content (AvgIpc) is 2.87. The molecular weight excluding hydrogens is 206 g/mol. The van der Waals surface area contributed by atoms with Crippen LogP contribution in [0.4, 0.5) is 4.79 Å². The number of rotatable bonds is 1. The molecule has 2 rings (SSSR count). The Morgan fingerprint density at radius 2 is 1.88 bits per heavy atom. The second kappa shape index (κ2) is 3.62. The maximum Gasteiger partial charge on any atom is 0.407 e. The first-order valence-electron chi connectivity index (χ1n) is 6.00. The summed E-state index contributed by atoms with van der Waals surface area (Å²) in [6, 6.07) is 0.160. The van der Waals surface area contributed by atoms with Crippen LogP contribution in [0.25, 0.3) is 0 Å². The smallest absolute Gasteiger partial charge is 0.407 e. The maximum atomic E-state index is 11.3. The molecule has 92 valence electrons. The first-order chi connectivity index (χ1) is 7.34. The Bertz CT molecular complexity index is 281. The van der Waals surface area contributed by atoms with Crippen molar-refractivity contribution in [2.24, 2.45) is 0 Å². The third kappa shape index (κ3) is 2.17. The van der Waals surface area contributed by atoms with Crippen LogP contribution in [-0.4, -0.2) is 39.9 Å². The molecule has 1 aliphatic heterocycles. The highest BCUT2D eigenvalue weighted by Crippen LogP contribution is 2.43. The fourth-order valence-corrected chi connectivity index (χ4v) is 2.77. The zero-order valence-corrected chi connectivity index (χ0v) is 10.3. The average molecular weight is 227 g/mol. The van der Waals surface area contributed by atoms with Gasteiger partial charge in [-0.1, -0.05) is 0 Å². The van der Waals surface area contributed by atoms with Crippen molar-refractivity contribution in [3.05, 3.63) is 0 Å². The summed E-state index contributed by atoms with van der Waals surface area (Å²) in [7, 11) is 0. The molecule has 1 heterocycles. The highest BCUT2D eigenvalue weighted by atomic mass is 16.6. The highest BCUT2D eigenvalue weighted by Gasteiger charge is 2.49. The molecular formula is C12H21NO3. The van der Waals surface area contributed by atoms with Crippen molar-refractivity contribution in [2.45, 2.75) is 63.6 Å². The zero-order chi connectivity index (χ0) is 12.0. The Morgan fingerprint density at radius 3 is 2.19 bits per heavy atom. The molecule has 0 aromatic carbocycles. The van der Waals surface area contributed by atoms with Gasteiger partial charge in [-0.2, -0.15) is 0 Å². The molecule has 4 nitrogen and oxygen atoms in total. The van der Waals surface area contributed by atoms with Gasteiger partial charge in [0, 0.05) is 11.6 Å². The van der Waals surface area contributed by atoms with Gasteiger partial charge in [-0.05, 0) is 46.5 Å². The lowest BCUT2D eigenvalue weighted by atomic mass is 9.84. The van der Waals surface area contributed by atoms with Crippen molar-refractivity contribution in [3.63, 3.8) is 0 Å². The quantitative estimate of drug-likeness (QED) is 0.700. The van der Waals surface area contributed by atoms with E-state index in [-0.39, 0.29) is 17.2 Å².